The first-order chi connectivity index (χ1) is 23.5. The van der Waals surface area contributed by atoms with E-state index in [2.05, 4.69) is 37.5 Å². The molecule has 0 atom stereocenters. The van der Waals surface area contributed by atoms with Gasteiger partial charge in [-0.1, -0.05) is 42.5 Å². The Bertz CT molecular complexity index is 1660. The highest BCUT2D eigenvalue weighted by Crippen LogP contribution is 2.34. The fourth-order valence-electron chi connectivity index (χ4n) is 5.82. The van der Waals surface area contributed by atoms with Crippen molar-refractivity contribution in [2.45, 2.75) is 33.5 Å². The molecule has 50 heavy (non-hydrogen) atoms. The average Bonchev–Trinajstić information content (AvgIpc) is 3.12. The van der Waals surface area contributed by atoms with Crippen LogP contribution >= 0.6 is 15.2 Å². The zero-order chi connectivity index (χ0) is 36.6. The van der Waals surface area contributed by atoms with Gasteiger partial charge in [-0.25, -0.2) is 0 Å². The zero-order valence-electron chi connectivity index (χ0n) is 28.0. The average molecular weight is 734 g/mol. The van der Waals surface area contributed by atoms with Crippen LogP contribution in [0.4, 0.5) is 0 Å². The number of hydrogen-bond acceptors (Lipinski definition) is 9. The summed E-state index contributed by atoms with van der Waals surface area (Å²) >= 11 is 0. The lowest BCUT2D eigenvalue weighted by molar-refractivity contribution is 0.0946. The Morgan fingerprint density at radius 2 is 0.980 bits per heavy atom. The lowest BCUT2D eigenvalue weighted by Gasteiger charge is -2.27. The zero-order valence-corrected chi connectivity index (χ0v) is 29.8. The minimum absolute atomic E-state index is 0.0828. The van der Waals surface area contributed by atoms with Gasteiger partial charge >= 0.3 is 15.2 Å². The Morgan fingerprint density at radius 3 is 1.34 bits per heavy atom. The van der Waals surface area contributed by atoms with Crippen molar-refractivity contribution in [2.75, 3.05) is 51.8 Å². The topological polar surface area (TPSA) is 223 Å². The summed E-state index contributed by atoms with van der Waals surface area (Å²) in [5.74, 6) is -2.14. The summed E-state index contributed by atoms with van der Waals surface area (Å²) in [5.41, 5.74) is 3.30. The molecule has 2 amide bonds. The van der Waals surface area contributed by atoms with Crippen LogP contribution in [0.15, 0.2) is 54.6 Å². The van der Waals surface area contributed by atoms with Gasteiger partial charge in [-0.3, -0.25) is 33.4 Å². The second kappa shape index (κ2) is 17.1. The van der Waals surface area contributed by atoms with Crippen molar-refractivity contribution < 1.29 is 48.5 Å². The van der Waals surface area contributed by atoms with E-state index < -0.39 is 39.6 Å². The number of rotatable bonds is 12. The van der Waals surface area contributed by atoms with Crippen LogP contribution < -0.4 is 10.6 Å². The number of nitrogens with one attached hydrogen (secondary N) is 2. The summed E-state index contributed by atoms with van der Waals surface area (Å²) < 4.78 is 22.6. The van der Waals surface area contributed by atoms with E-state index in [1.165, 1.54) is 12.1 Å². The molecule has 3 aromatic rings. The van der Waals surface area contributed by atoms with Gasteiger partial charge < -0.3 is 40.4 Å². The van der Waals surface area contributed by atoms with Gasteiger partial charge in [-0.05, 0) is 42.7 Å². The maximum atomic E-state index is 12.8. The molecule has 17 heteroatoms. The number of carbonyl (C=O) groups is 2. The quantitative estimate of drug-likeness (QED) is 0.125. The molecule has 1 fully saturated rings. The molecule has 0 aromatic heterocycles. The summed E-state index contributed by atoms with van der Waals surface area (Å²) in [6.45, 7) is 8.44. The van der Waals surface area contributed by atoms with Gasteiger partial charge in [0.15, 0.2) is 0 Å². The minimum atomic E-state index is -4.50. The smallest absolute Gasteiger partial charge is 0.344 e. The van der Waals surface area contributed by atoms with Gasteiger partial charge in [-0.2, -0.15) is 0 Å². The number of amides is 2. The lowest BCUT2D eigenvalue weighted by Crippen LogP contribution is -2.35. The van der Waals surface area contributed by atoms with E-state index in [1.54, 1.807) is 26.0 Å². The van der Waals surface area contributed by atoms with Crippen molar-refractivity contribution in [2.24, 2.45) is 0 Å². The van der Waals surface area contributed by atoms with Crippen LogP contribution in [-0.2, 0) is 28.8 Å². The molecule has 272 valence electrons. The highest BCUT2D eigenvalue weighted by Gasteiger charge is 2.24. The number of phenolic OH excluding ortho intramolecular Hbond substituents is 2. The third kappa shape index (κ3) is 12.0. The van der Waals surface area contributed by atoms with Crippen LogP contribution in [0, 0.1) is 13.8 Å². The van der Waals surface area contributed by atoms with E-state index in [1.807, 2.05) is 18.2 Å². The number of benzene rings is 3. The standard InChI is InChI=1S/C33H45N5O10P2/c1-23-14-26(30(39)28(16-23)32(41)34-21-49(43,44)45)19-37-10-8-36(18-25-6-4-3-5-7-25)9-11-38(13-12-37)20-27-15-24(2)17-29(31(27)40)33(42)35-22-50(46,47)48/h3-7,14-17,39-40H,8-13,18-22H2,1-2H3,(H,34,41)(H,35,42)(H2,43,44,45)(H2,46,47,48). The van der Waals surface area contributed by atoms with E-state index in [9.17, 15) is 48.5 Å². The Morgan fingerprint density at radius 1 is 0.620 bits per heavy atom. The molecule has 1 heterocycles. The van der Waals surface area contributed by atoms with Crippen LogP contribution in [0.3, 0.4) is 0 Å². The largest absolute Gasteiger partial charge is 0.507 e. The van der Waals surface area contributed by atoms with Gasteiger partial charge in [0.2, 0.25) is 0 Å². The van der Waals surface area contributed by atoms with Gasteiger partial charge in [0.05, 0.1) is 11.1 Å². The number of aryl methyl sites for hydroxylation is 2. The summed E-state index contributed by atoms with van der Waals surface area (Å²) in [6.07, 6.45) is -1.71. The second-order valence-electron chi connectivity index (χ2n) is 12.6. The second-order valence-corrected chi connectivity index (χ2v) is 15.9. The van der Waals surface area contributed by atoms with Crippen LogP contribution in [-0.4, -0.2) is 108 Å². The molecule has 0 aliphatic carbocycles. The summed E-state index contributed by atoms with van der Waals surface area (Å²) in [5, 5.41) is 26.6. The molecule has 3 aromatic carbocycles. The number of aromatic hydroxyl groups is 2. The van der Waals surface area contributed by atoms with Crippen LogP contribution in [0.1, 0.15) is 48.5 Å². The van der Waals surface area contributed by atoms with Crippen molar-refractivity contribution in [1.82, 2.24) is 25.3 Å². The molecule has 0 bridgehead atoms. The maximum Gasteiger partial charge on any atom is 0.344 e. The van der Waals surface area contributed by atoms with Gasteiger partial charge in [-0.15, -0.1) is 0 Å². The SMILES string of the molecule is Cc1cc(CN2CCN(Cc3ccccc3)CCN(Cc3cc(C)cc(C(=O)NCP(=O)(O)O)c3O)CC2)c(O)c(C(=O)NCP(=O)(O)O)c1. The predicted molar refractivity (Wildman–Crippen MR) is 187 cm³/mol. The molecule has 1 aliphatic rings. The van der Waals surface area contributed by atoms with E-state index in [4.69, 9.17) is 0 Å². The van der Waals surface area contributed by atoms with Gasteiger partial charge in [0, 0.05) is 70.0 Å². The number of phenols is 2. The third-order valence-corrected chi connectivity index (χ3v) is 9.42. The Labute approximate surface area is 290 Å². The summed E-state index contributed by atoms with van der Waals surface area (Å²) in [4.78, 5) is 68.9. The number of hydrogen-bond donors (Lipinski definition) is 8. The van der Waals surface area contributed by atoms with Gasteiger partial charge in [0.1, 0.15) is 24.1 Å². The van der Waals surface area contributed by atoms with Crippen LogP contribution in [0.5, 0.6) is 11.5 Å². The van der Waals surface area contributed by atoms with Crippen molar-refractivity contribution in [3.8, 4) is 11.5 Å². The summed E-state index contributed by atoms with van der Waals surface area (Å²) in [6, 6.07) is 16.5. The fourth-order valence-corrected chi connectivity index (χ4v) is 6.52. The van der Waals surface area contributed by atoms with E-state index in [0.29, 0.717) is 68.1 Å². The normalized spacial score (nSPS) is 15.6. The van der Waals surface area contributed by atoms with E-state index in [0.717, 1.165) is 5.56 Å². The Balaban J connectivity index is 1.58. The molecule has 1 saturated heterocycles. The monoisotopic (exact) mass is 733 g/mol. The van der Waals surface area contributed by atoms with Crippen LogP contribution in [0.25, 0.3) is 0 Å². The molecule has 0 saturated carbocycles. The molecule has 0 radical (unpaired) electrons. The first kappa shape index (κ1) is 39.2. The summed E-state index contributed by atoms with van der Waals surface area (Å²) in [7, 11) is -9.00. The Kier molecular flexibility index (Phi) is 13.4. The van der Waals surface area contributed by atoms with Crippen LogP contribution in [0.2, 0.25) is 0 Å². The number of carbonyl (C=O) groups excluding carboxylic acids is 2. The third-order valence-electron chi connectivity index (χ3n) is 8.28. The van der Waals surface area contributed by atoms with Crippen molar-refractivity contribution >= 4 is 27.0 Å². The predicted octanol–water partition coefficient (Wildman–Crippen LogP) is 2.26. The molecule has 0 spiro atoms. The van der Waals surface area contributed by atoms with Gasteiger partial charge in [0.25, 0.3) is 11.8 Å². The van der Waals surface area contributed by atoms with Crippen molar-refractivity contribution in [3.63, 3.8) is 0 Å². The van der Waals surface area contributed by atoms with Crippen molar-refractivity contribution in [3.05, 3.63) is 93.5 Å². The molecule has 4 rings (SSSR count). The van der Waals surface area contributed by atoms with E-state index in [-0.39, 0.29) is 35.7 Å². The molecular formula is C33H45N5O10P2. The molecular weight excluding hydrogens is 688 g/mol. The molecule has 15 nitrogen and oxygen atoms in total. The molecule has 0 unspecified atom stereocenters. The Hall–Kier alpha value is -3.62. The van der Waals surface area contributed by atoms with Crippen molar-refractivity contribution in [1.29, 1.82) is 0 Å². The lowest BCUT2D eigenvalue weighted by atomic mass is 10.0. The highest BCUT2D eigenvalue weighted by atomic mass is 31.2. The van der Waals surface area contributed by atoms with E-state index >= 15 is 0 Å². The number of nitrogens with zero attached hydrogens (tertiary/aromatic N) is 3. The minimum Gasteiger partial charge on any atom is -0.507 e. The first-order valence-corrected chi connectivity index (χ1v) is 19.6. The first-order valence-electron chi connectivity index (χ1n) is 16.0. The maximum absolute atomic E-state index is 12.8. The molecule has 1 aliphatic heterocycles. The highest BCUT2D eigenvalue weighted by molar-refractivity contribution is 7.52. The molecule has 8 N–H and O–H groups in total. The fraction of sp³-hybridized carbons (Fsp3) is 0.394.